The Bertz CT molecular complexity index is 517. The largest absolute Gasteiger partial charge is 0.294 e. The van der Waals surface area contributed by atoms with Crippen molar-refractivity contribution < 1.29 is 4.79 Å². The third kappa shape index (κ3) is 2.58. The minimum Gasteiger partial charge on any atom is -0.294 e. The van der Waals surface area contributed by atoms with Crippen LogP contribution in [0.2, 0.25) is 0 Å². The van der Waals surface area contributed by atoms with Crippen molar-refractivity contribution >= 4 is 5.78 Å². The monoisotopic (exact) mass is 229 g/mol. The molecule has 0 aliphatic rings. The molecule has 2 aromatic rings. The highest BCUT2D eigenvalue weighted by Crippen LogP contribution is 2.08. The van der Waals surface area contributed by atoms with Crippen molar-refractivity contribution in [3.8, 4) is 0 Å². The molecule has 2 heterocycles. The summed E-state index contributed by atoms with van der Waals surface area (Å²) in [7, 11) is 1.87. The number of aryl methyl sites for hydroxylation is 2. The zero-order valence-electron chi connectivity index (χ0n) is 10.1. The average molecular weight is 229 g/mol. The molecule has 0 fully saturated rings. The van der Waals surface area contributed by atoms with Crippen LogP contribution in [0.25, 0.3) is 0 Å². The number of aromatic nitrogens is 3. The second kappa shape index (κ2) is 4.91. The Morgan fingerprint density at radius 2 is 2.06 bits per heavy atom. The van der Waals surface area contributed by atoms with E-state index in [9.17, 15) is 4.79 Å². The maximum absolute atomic E-state index is 12.0. The van der Waals surface area contributed by atoms with E-state index >= 15 is 0 Å². The first-order valence-electron chi connectivity index (χ1n) is 5.65. The molecular weight excluding hydrogens is 214 g/mol. The Morgan fingerprint density at radius 1 is 1.35 bits per heavy atom. The third-order valence-corrected chi connectivity index (χ3v) is 2.73. The van der Waals surface area contributed by atoms with Crippen molar-refractivity contribution in [3.05, 3.63) is 47.5 Å². The van der Waals surface area contributed by atoms with Gasteiger partial charge in [-0.25, -0.2) is 0 Å². The van der Waals surface area contributed by atoms with Gasteiger partial charge in [-0.15, -0.1) is 0 Å². The SMILES string of the molecule is CCc1cc(CC(=O)c2ccncc2)n(C)n1. The van der Waals surface area contributed by atoms with E-state index in [4.69, 9.17) is 0 Å². The lowest BCUT2D eigenvalue weighted by molar-refractivity contribution is 0.0990. The molecule has 2 rings (SSSR count). The highest BCUT2D eigenvalue weighted by Gasteiger charge is 2.10. The number of carbonyl (C=O) groups excluding carboxylic acids is 1. The van der Waals surface area contributed by atoms with Gasteiger partial charge in [-0.1, -0.05) is 6.92 Å². The van der Waals surface area contributed by atoms with Crippen LogP contribution in [0.5, 0.6) is 0 Å². The lowest BCUT2D eigenvalue weighted by atomic mass is 10.1. The topological polar surface area (TPSA) is 47.8 Å². The summed E-state index contributed by atoms with van der Waals surface area (Å²) < 4.78 is 1.78. The molecule has 0 aliphatic carbocycles. The predicted octanol–water partition coefficient (Wildman–Crippen LogP) is 1.80. The van der Waals surface area contributed by atoms with Gasteiger partial charge in [0.15, 0.2) is 5.78 Å². The van der Waals surface area contributed by atoms with E-state index in [1.807, 2.05) is 13.1 Å². The van der Waals surface area contributed by atoms with Gasteiger partial charge in [0.05, 0.1) is 12.1 Å². The minimum atomic E-state index is 0.0954. The van der Waals surface area contributed by atoms with E-state index in [2.05, 4.69) is 17.0 Å². The maximum Gasteiger partial charge on any atom is 0.168 e. The number of hydrogen-bond donors (Lipinski definition) is 0. The lowest BCUT2D eigenvalue weighted by Crippen LogP contribution is -2.07. The minimum absolute atomic E-state index is 0.0954. The molecule has 0 N–H and O–H groups in total. The summed E-state index contributed by atoms with van der Waals surface area (Å²) in [6.45, 7) is 2.05. The van der Waals surface area contributed by atoms with Gasteiger partial charge in [-0.3, -0.25) is 14.5 Å². The first-order chi connectivity index (χ1) is 8.20. The first-order valence-corrected chi connectivity index (χ1v) is 5.65. The van der Waals surface area contributed by atoms with Gasteiger partial charge in [-0.2, -0.15) is 5.10 Å². The zero-order valence-corrected chi connectivity index (χ0v) is 10.1. The molecule has 0 aromatic carbocycles. The number of rotatable bonds is 4. The van der Waals surface area contributed by atoms with Gasteiger partial charge in [-0.05, 0) is 24.6 Å². The van der Waals surface area contributed by atoms with Crippen LogP contribution >= 0.6 is 0 Å². The maximum atomic E-state index is 12.0. The van der Waals surface area contributed by atoms with Crippen molar-refractivity contribution in [2.24, 2.45) is 7.05 Å². The molecule has 2 aromatic heterocycles. The van der Waals surface area contributed by atoms with Crippen LogP contribution in [-0.2, 0) is 19.9 Å². The molecule has 0 unspecified atom stereocenters. The Kier molecular flexibility index (Phi) is 3.32. The second-order valence-corrected chi connectivity index (χ2v) is 3.94. The van der Waals surface area contributed by atoms with Gasteiger partial charge in [0.25, 0.3) is 0 Å². The van der Waals surface area contributed by atoms with E-state index in [0.29, 0.717) is 12.0 Å². The van der Waals surface area contributed by atoms with Gasteiger partial charge in [0.1, 0.15) is 0 Å². The molecule has 0 aliphatic heterocycles. The molecule has 0 saturated carbocycles. The quantitative estimate of drug-likeness (QED) is 0.751. The number of nitrogens with zero attached hydrogens (tertiary/aromatic N) is 3. The standard InChI is InChI=1S/C13H15N3O/c1-3-11-8-12(16(2)15-11)9-13(17)10-4-6-14-7-5-10/h4-8H,3,9H2,1-2H3. The Labute approximate surface area is 100 Å². The van der Waals surface area contributed by atoms with Crippen molar-refractivity contribution in [2.75, 3.05) is 0 Å². The summed E-state index contributed by atoms with van der Waals surface area (Å²) in [4.78, 5) is 15.9. The fraction of sp³-hybridized carbons (Fsp3) is 0.308. The number of hydrogen-bond acceptors (Lipinski definition) is 3. The van der Waals surface area contributed by atoms with Crippen LogP contribution in [0.4, 0.5) is 0 Å². The predicted molar refractivity (Wildman–Crippen MR) is 64.9 cm³/mol. The number of carbonyl (C=O) groups is 1. The summed E-state index contributed by atoms with van der Waals surface area (Å²) >= 11 is 0. The highest BCUT2D eigenvalue weighted by molar-refractivity contribution is 5.97. The first kappa shape index (κ1) is 11.5. The summed E-state index contributed by atoms with van der Waals surface area (Å²) in [5.41, 5.74) is 2.66. The molecule has 4 heteroatoms. The van der Waals surface area contributed by atoms with Crippen LogP contribution in [0.15, 0.2) is 30.6 Å². The zero-order chi connectivity index (χ0) is 12.3. The molecule has 0 atom stereocenters. The molecule has 0 saturated heterocycles. The third-order valence-electron chi connectivity index (χ3n) is 2.73. The van der Waals surface area contributed by atoms with Crippen molar-refractivity contribution in [1.29, 1.82) is 0 Å². The van der Waals surface area contributed by atoms with E-state index in [-0.39, 0.29) is 5.78 Å². The summed E-state index contributed by atoms with van der Waals surface area (Å²) in [6.07, 6.45) is 4.53. The lowest BCUT2D eigenvalue weighted by Gasteiger charge is -2.01. The molecule has 0 spiro atoms. The van der Waals surface area contributed by atoms with E-state index in [1.54, 1.807) is 29.2 Å². The Balaban J connectivity index is 2.16. The van der Waals surface area contributed by atoms with Crippen LogP contribution in [0.1, 0.15) is 28.7 Å². The van der Waals surface area contributed by atoms with Gasteiger partial charge in [0, 0.05) is 30.7 Å². The van der Waals surface area contributed by atoms with Gasteiger partial charge in [0.2, 0.25) is 0 Å². The van der Waals surface area contributed by atoms with Crippen LogP contribution < -0.4 is 0 Å². The summed E-state index contributed by atoms with van der Waals surface area (Å²) in [6, 6.07) is 5.46. The van der Waals surface area contributed by atoms with Gasteiger partial charge < -0.3 is 0 Å². The smallest absolute Gasteiger partial charge is 0.168 e. The fourth-order valence-corrected chi connectivity index (χ4v) is 1.71. The van der Waals surface area contributed by atoms with E-state index in [0.717, 1.165) is 17.8 Å². The second-order valence-electron chi connectivity index (χ2n) is 3.94. The summed E-state index contributed by atoms with van der Waals surface area (Å²) in [5, 5.41) is 4.33. The molecular formula is C13H15N3O. The molecule has 88 valence electrons. The van der Waals surface area contributed by atoms with Crippen molar-refractivity contribution in [2.45, 2.75) is 19.8 Å². The van der Waals surface area contributed by atoms with Crippen LogP contribution in [0, 0.1) is 0 Å². The Morgan fingerprint density at radius 3 is 2.65 bits per heavy atom. The number of Topliss-reactive ketones (excluding diaryl/α,β-unsaturated/α-hetero) is 1. The Hall–Kier alpha value is -1.97. The summed E-state index contributed by atoms with van der Waals surface area (Å²) in [5.74, 6) is 0.0954. The average Bonchev–Trinajstić information content (AvgIpc) is 2.71. The van der Waals surface area contributed by atoms with Crippen molar-refractivity contribution in [1.82, 2.24) is 14.8 Å². The number of pyridine rings is 1. The molecule has 4 nitrogen and oxygen atoms in total. The van der Waals surface area contributed by atoms with Crippen LogP contribution in [-0.4, -0.2) is 20.5 Å². The molecule has 0 amide bonds. The van der Waals surface area contributed by atoms with E-state index in [1.165, 1.54) is 0 Å². The van der Waals surface area contributed by atoms with Gasteiger partial charge >= 0.3 is 0 Å². The molecule has 0 bridgehead atoms. The van der Waals surface area contributed by atoms with Crippen molar-refractivity contribution in [3.63, 3.8) is 0 Å². The number of ketones is 1. The molecule has 0 radical (unpaired) electrons. The van der Waals surface area contributed by atoms with Crippen LogP contribution in [0.3, 0.4) is 0 Å². The highest BCUT2D eigenvalue weighted by atomic mass is 16.1. The fourth-order valence-electron chi connectivity index (χ4n) is 1.71. The normalized spacial score (nSPS) is 10.5. The molecule has 17 heavy (non-hydrogen) atoms. The van der Waals surface area contributed by atoms with E-state index < -0.39 is 0 Å².